The molecule has 0 aromatic heterocycles. The summed E-state index contributed by atoms with van der Waals surface area (Å²) in [6, 6.07) is 7.66. The van der Waals surface area contributed by atoms with Crippen molar-refractivity contribution in [2.75, 3.05) is 11.4 Å². The summed E-state index contributed by atoms with van der Waals surface area (Å²) in [5.41, 5.74) is 2.32. The van der Waals surface area contributed by atoms with Gasteiger partial charge in [-0.15, -0.1) is 0 Å². The Morgan fingerprint density at radius 3 is 2.73 bits per heavy atom. The molecule has 3 unspecified atom stereocenters. The first-order chi connectivity index (χ1) is 10.5. The molecule has 0 amide bonds. The van der Waals surface area contributed by atoms with E-state index in [-0.39, 0.29) is 18.1 Å². The van der Waals surface area contributed by atoms with Gasteiger partial charge in [-0.2, -0.15) is 0 Å². The number of alkyl halides is 2. The van der Waals surface area contributed by atoms with Crippen molar-refractivity contribution in [3.05, 3.63) is 29.8 Å². The molecule has 0 bridgehead atoms. The maximum Gasteiger partial charge on any atom is 0.328 e. The van der Waals surface area contributed by atoms with Crippen LogP contribution in [-0.4, -0.2) is 30.6 Å². The van der Waals surface area contributed by atoms with E-state index in [0.29, 0.717) is 12.8 Å². The third kappa shape index (κ3) is 2.02. The second-order valence-electron chi connectivity index (χ2n) is 6.67. The highest BCUT2D eigenvalue weighted by Gasteiger charge is 2.72. The van der Waals surface area contributed by atoms with Gasteiger partial charge in [0.1, 0.15) is 12.1 Å². The zero-order valence-electron chi connectivity index (χ0n) is 12.5. The second-order valence-corrected chi connectivity index (χ2v) is 6.67. The van der Waals surface area contributed by atoms with Crippen LogP contribution in [0, 0.1) is 11.8 Å². The Labute approximate surface area is 128 Å². The van der Waals surface area contributed by atoms with Crippen LogP contribution >= 0.6 is 0 Å². The monoisotopic (exact) mass is 307 g/mol. The molecular weight excluding hydrogens is 288 g/mol. The molecule has 1 aliphatic heterocycles. The van der Waals surface area contributed by atoms with Crippen molar-refractivity contribution in [2.24, 2.45) is 11.8 Å². The van der Waals surface area contributed by atoms with E-state index in [4.69, 9.17) is 4.74 Å². The van der Waals surface area contributed by atoms with Crippen LogP contribution in [0.1, 0.15) is 25.3 Å². The first-order valence-corrected chi connectivity index (χ1v) is 7.91. The average molecular weight is 307 g/mol. The fourth-order valence-corrected chi connectivity index (χ4v) is 4.02. The van der Waals surface area contributed by atoms with E-state index >= 15 is 0 Å². The predicted octanol–water partition coefficient (Wildman–Crippen LogP) is 3.02. The molecule has 1 aromatic carbocycles. The van der Waals surface area contributed by atoms with Gasteiger partial charge in [0.15, 0.2) is 0 Å². The Hall–Kier alpha value is -1.65. The van der Waals surface area contributed by atoms with Gasteiger partial charge in [-0.25, -0.2) is 13.6 Å². The van der Waals surface area contributed by atoms with Crippen molar-refractivity contribution >= 4 is 11.7 Å². The summed E-state index contributed by atoms with van der Waals surface area (Å²) in [4.78, 5) is 14.4. The summed E-state index contributed by atoms with van der Waals surface area (Å²) in [5.74, 6) is -3.94. The van der Waals surface area contributed by atoms with Crippen LogP contribution < -0.4 is 4.90 Å². The number of benzene rings is 1. The van der Waals surface area contributed by atoms with Crippen LogP contribution in [-0.2, 0) is 16.0 Å². The lowest BCUT2D eigenvalue weighted by molar-refractivity contribution is -0.151. The Morgan fingerprint density at radius 1 is 1.32 bits per heavy atom. The largest absolute Gasteiger partial charge is 0.461 e. The lowest BCUT2D eigenvalue weighted by Gasteiger charge is -2.27. The third-order valence-electron chi connectivity index (χ3n) is 5.41. The number of rotatable bonds is 3. The molecule has 5 heteroatoms. The Bertz CT molecular complexity index is 604. The van der Waals surface area contributed by atoms with Gasteiger partial charge < -0.3 is 9.64 Å². The molecule has 3 atom stereocenters. The minimum absolute atomic E-state index is 0.300. The number of anilines is 1. The smallest absolute Gasteiger partial charge is 0.328 e. The summed E-state index contributed by atoms with van der Waals surface area (Å²) in [6.07, 6.45) is 1.22. The molecule has 0 N–H and O–H groups in total. The van der Waals surface area contributed by atoms with Gasteiger partial charge in [0, 0.05) is 24.1 Å². The molecule has 0 saturated heterocycles. The summed E-state index contributed by atoms with van der Waals surface area (Å²) >= 11 is 0. The fraction of sp³-hybridized carbons (Fsp3) is 0.588. The van der Waals surface area contributed by atoms with E-state index in [2.05, 4.69) is 6.07 Å². The van der Waals surface area contributed by atoms with Crippen LogP contribution in [0.15, 0.2) is 24.3 Å². The van der Waals surface area contributed by atoms with Crippen molar-refractivity contribution < 1.29 is 18.3 Å². The topological polar surface area (TPSA) is 29.5 Å². The molecule has 2 fully saturated rings. The number of para-hydroxylation sites is 1. The van der Waals surface area contributed by atoms with Crippen molar-refractivity contribution in [3.63, 3.8) is 0 Å². The number of nitrogens with zero attached hydrogens (tertiary/aromatic N) is 1. The van der Waals surface area contributed by atoms with Crippen molar-refractivity contribution in [1.82, 2.24) is 0 Å². The predicted molar refractivity (Wildman–Crippen MR) is 78.0 cm³/mol. The SMILES string of the molecule is CC(C(=O)OC1CC2C(C1)C2(F)F)N1CCc2ccccc21. The van der Waals surface area contributed by atoms with Crippen LogP contribution in [0.5, 0.6) is 0 Å². The molecular formula is C17H19F2NO2. The lowest BCUT2D eigenvalue weighted by Crippen LogP contribution is -2.40. The van der Waals surface area contributed by atoms with Gasteiger partial charge in [0.2, 0.25) is 0 Å². The minimum atomic E-state index is -2.51. The highest BCUT2D eigenvalue weighted by Crippen LogP contribution is 2.64. The van der Waals surface area contributed by atoms with Crippen LogP contribution in [0.4, 0.5) is 14.5 Å². The zero-order valence-corrected chi connectivity index (χ0v) is 12.5. The highest BCUT2D eigenvalue weighted by atomic mass is 19.3. The molecule has 2 aliphatic carbocycles. The summed E-state index contributed by atoms with van der Waals surface area (Å²) in [6.45, 7) is 2.62. The molecule has 0 radical (unpaired) electrons. The molecule has 1 aromatic rings. The zero-order chi connectivity index (χ0) is 15.5. The van der Waals surface area contributed by atoms with E-state index in [9.17, 15) is 13.6 Å². The summed E-state index contributed by atoms with van der Waals surface area (Å²) < 4.78 is 31.8. The van der Waals surface area contributed by atoms with Gasteiger partial charge in [0.25, 0.3) is 5.92 Å². The molecule has 2 saturated carbocycles. The molecule has 3 nitrogen and oxygen atoms in total. The quantitative estimate of drug-likeness (QED) is 0.804. The van der Waals surface area contributed by atoms with Gasteiger partial charge in [-0.1, -0.05) is 18.2 Å². The third-order valence-corrected chi connectivity index (χ3v) is 5.41. The van der Waals surface area contributed by atoms with E-state index in [1.807, 2.05) is 30.0 Å². The number of esters is 1. The first-order valence-electron chi connectivity index (χ1n) is 7.91. The van der Waals surface area contributed by atoms with E-state index < -0.39 is 17.8 Å². The molecule has 3 aliphatic rings. The normalized spacial score (nSPS) is 32.3. The van der Waals surface area contributed by atoms with Crippen LogP contribution in [0.2, 0.25) is 0 Å². The lowest BCUT2D eigenvalue weighted by atomic mass is 10.1. The maximum atomic E-state index is 13.2. The number of ether oxygens (including phenoxy) is 1. The summed E-state index contributed by atoms with van der Waals surface area (Å²) in [7, 11) is 0. The molecule has 4 rings (SSSR count). The Balaban J connectivity index is 1.38. The number of fused-ring (bicyclic) bond motifs is 2. The van der Waals surface area contributed by atoms with Gasteiger partial charge >= 0.3 is 5.97 Å². The Kier molecular flexibility index (Phi) is 2.97. The van der Waals surface area contributed by atoms with Crippen LogP contribution in [0.3, 0.4) is 0 Å². The van der Waals surface area contributed by atoms with Gasteiger partial charge in [-0.3, -0.25) is 0 Å². The van der Waals surface area contributed by atoms with E-state index in [1.165, 1.54) is 5.56 Å². The second kappa shape index (κ2) is 4.67. The molecule has 1 heterocycles. The molecule has 118 valence electrons. The minimum Gasteiger partial charge on any atom is -0.461 e. The number of hydrogen-bond acceptors (Lipinski definition) is 3. The molecule has 22 heavy (non-hydrogen) atoms. The van der Waals surface area contributed by atoms with E-state index in [0.717, 1.165) is 18.7 Å². The summed E-state index contributed by atoms with van der Waals surface area (Å²) in [5, 5.41) is 0. The standard InChI is InChI=1S/C17H19F2NO2/c1-10(20-7-6-11-4-2-3-5-15(11)20)16(21)22-12-8-13-14(9-12)17(13,18)19/h2-5,10,12-14H,6-9H2,1H3. The Morgan fingerprint density at radius 2 is 2.00 bits per heavy atom. The number of halogens is 2. The number of carbonyl (C=O) groups is 1. The van der Waals surface area contributed by atoms with Crippen molar-refractivity contribution in [3.8, 4) is 0 Å². The van der Waals surface area contributed by atoms with Gasteiger partial charge in [-0.05, 0) is 37.8 Å². The fourth-order valence-electron chi connectivity index (χ4n) is 4.02. The van der Waals surface area contributed by atoms with Crippen molar-refractivity contribution in [2.45, 2.75) is 44.3 Å². The maximum absolute atomic E-state index is 13.2. The first kappa shape index (κ1) is 14.0. The number of carbonyl (C=O) groups excluding carboxylic acids is 1. The molecule has 0 spiro atoms. The van der Waals surface area contributed by atoms with E-state index in [1.54, 1.807) is 0 Å². The van der Waals surface area contributed by atoms with Gasteiger partial charge in [0.05, 0.1) is 0 Å². The number of hydrogen-bond donors (Lipinski definition) is 0. The highest BCUT2D eigenvalue weighted by molar-refractivity contribution is 5.81. The van der Waals surface area contributed by atoms with Crippen LogP contribution in [0.25, 0.3) is 0 Å². The average Bonchev–Trinajstić information content (AvgIpc) is 2.94. The van der Waals surface area contributed by atoms with Crippen molar-refractivity contribution in [1.29, 1.82) is 0 Å².